The molecule has 1 aromatic rings. The molecule has 3 nitrogen and oxygen atoms in total. The molecule has 1 aliphatic rings. The Labute approximate surface area is 97.2 Å². The Balaban J connectivity index is 1.88. The predicted octanol–water partition coefficient (Wildman–Crippen LogP) is 2.67. The summed E-state index contributed by atoms with van der Waals surface area (Å²) >= 11 is 0. The van der Waals surface area contributed by atoms with E-state index in [1.807, 2.05) is 0 Å². The van der Waals surface area contributed by atoms with Gasteiger partial charge in [0, 0.05) is 19.1 Å². The van der Waals surface area contributed by atoms with Gasteiger partial charge in [-0.15, -0.1) is 0 Å². The van der Waals surface area contributed by atoms with Crippen molar-refractivity contribution < 1.29 is 9.15 Å². The van der Waals surface area contributed by atoms with Crippen molar-refractivity contribution in [3.63, 3.8) is 0 Å². The SMILES string of the molecule is CCc1ccc(C(C)NC2CCCOC2)o1. The van der Waals surface area contributed by atoms with Crippen LogP contribution < -0.4 is 5.32 Å². The van der Waals surface area contributed by atoms with E-state index in [1.54, 1.807) is 0 Å². The van der Waals surface area contributed by atoms with Crippen LogP contribution in [0.25, 0.3) is 0 Å². The highest BCUT2D eigenvalue weighted by Crippen LogP contribution is 2.18. The molecule has 90 valence electrons. The number of aryl methyl sites for hydroxylation is 1. The van der Waals surface area contributed by atoms with Gasteiger partial charge in [0.1, 0.15) is 11.5 Å². The third-order valence-electron chi connectivity index (χ3n) is 3.10. The monoisotopic (exact) mass is 223 g/mol. The molecule has 2 heterocycles. The van der Waals surface area contributed by atoms with Crippen molar-refractivity contribution in [3.05, 3.63) is 23.7 Å². The standard InChI is InChI=1S/C13H21NO2/c1-3-12-6-7-13(16-12)10(2)14-11-5-4-8-15-9-11/h6-7,10-11,14H,3-5,8-9H2,1-2H3. The molecule has 3 heteroatoms. The van der Waals surface area contributed by atoms with Gasteiger partial charge < -0.3 is 14.5 Å². The average molecular weight is 223 g/mol. The Morgan fingerprint density at radius 3 is 3.00 bits per heavy atom. The van der Waals surface area contributed by atoms with Crippen LogP contribution in [0.15, 0.2) is 16.5 Å². The first kappa shape index (κ1) is 11.7. The first-order valence-corrected chi connectivity index (χ1v) is 6.22. The predicted molar refractivity (Wildman–Crippen MR) is 63.5 cm³/mol. The van der Waals surface area contributed by atoms with Crippen molar-refractivity contribution in [2.24, 2.45) is 0 Å². The fourth-order valence-corrected chi connectivity index (χ4v) is 2.13. The summed E-state index contributed by atoms with van der Waals surface area (Å²) in [5.74, 6) is 2.09. The van der Waals surface area contributed by atoms with Crippen LogP contribution in [0.1, 0.15) is 44.3 Å². The number of nitrogens with one attached hydrogen (secondary N) is 1. The lowest BCUT2D eigenvalue weighted by atomic mass is 10.1. The Bertz CT molecular complexity index is 315. The second-order valence-corrected chi connectivity index (χ2v) is 4.46. The minimum absolute atomic E-state index is 0.270. The Hall–Kier alpha value is -0.800. The molecule has 1 aromatic heterocycles. The number of hydrogen-bond acceptors (Lipinski definition) is 3. The van der Waals surface area contributed by atoms with E-state index in [0.717, 1.165) is 37.6 Å². The highest BCUT2D eigenvalue weighted by atomic mass is 16.5. The van der Waals surface area contributed by atoms with E-state index in [0.29, 0.717) is 6.04 Å². The Kier molecular flexibility index (Phi) is 4.02. The number of furan rings is 1. The van der Waals surface area contributed by atoms with Crippen LogP contribution in [0, 0.1) is 0 Å². The molecule has 0 radical (unpaired) electrons. The van der Waals surface area contributed by atoms with Gasteiger partial charge in [0.2, 0.25) is 0 Å². The number of ether oxygens (including phenoxy) is 1. The molecule has 2 rings (SSSR count). The molecular formula is C13H21NO2. The molecular weight excluding hydrogens is 202 g/mol. The lowest BCUT2D eigenvalue weighted by molar-refractivity contribution is 0.0661. The summed E-state index contributed by atoms with van der Waals surface area (Å²) in [6.45, 7) is 5.99. The summed E-state index contributed by atoms with van der Waals surface area (Å²) in [4.78, 5) is 0. The quantitative estimate of drug-likeness (QED) is 0.852. The molecule has 0 amide bonds. The molecule has 0 aliphatic carbocycles. The molecule has 0 aromatic carbocycles. The molecule has 16 heavy (non-hydrogen) atoms. The zero-order valence-electron chi connectivity index (χ0n) is 10.2. The summed E-state index contributed by atoms with van der Waals surface area (Å²) < 4.78 is 11.2. The van der Waals surface area contributed by atoms with Gasteiger partial charge in [0.15, 0.2) is 0 Å². The van der Waals surface area contributed by atoms with Gasteiger partial charge in [-0.3, -0.25) is 0 Å². The van der Waals surface area contributed by atoms with E-state index in [-0.39, 0.29) is 6.04 Å². The van der Waals surface area contributed by atoms with Gasteiger partial charge >= 0.3 is 0 Å². The van der Waals surface area contributed by atoms with E-state index in [9.17, 15) is 0 Å². The third kappa shape index (κ3) is 2.86. The van der Waals surface area contributed by atoms with Gasteiger partial charge in [0.25, 0.3) is 0 Å². The minimum Gasteiger partial charge on any atom is -0.464 e. The van der Waals surface area contributed by atoms with E-state index >= 15 is 0 Å². The van der Waals surface area contributed by atoms with Crippen molar-refractivity contribution in [3.8, 4) is 0 Å². The van der Waals surface area contributed by atoms with Crippen LogP contribution in [-0.2, 0) is 11.2 Å². The van der Waals surface area contributed by atoms with Gasteiger partial charge in [-0.2, -0.15) is 0 Å². The summed E-state index contributed by atoms with van der Waals surface area (Å²) in [6, 6.07) is 4.87. The highest BCUT2D eigenvalue weighted by molar-refractivity contribution is 5.10. The first-order valence-electron chi connectivity index (χ1n) is 6.22. The molecule has 0 spiro atoms. The number of hydrogen-bond donors (Lipinski definition) is 1. The van der Waals surface area contributed by atoms with Crippen molar-refractivity contribution in [1.29, 1.82) is 0 Å². The second kappa shape index (κ2) is 5.51. The molecule has 0 bridgehead atoms. The molecule has 1 fully saturated rings. The fourth-order valence-electron chi connectivity index (χ4n) is 2.13. The van der Waals surface area contributed by atoms with Crippen LogP contribution in [0.5, 0.6) is 0 Å². The Morgan fingerprint density at radius 2 is 2.38 bits per heavy atom. The maximum atomic E-state index is 5.73. The minimum atomic E-state index is 0.270. The molecule has 2 atom stereocenters. The smallest absolute Gasteiger partial charge is 0.120 e. The fraction of sp³-hybridized carbons (Fsp3) is 0.692. The zero-order chi connectivity index (χ0) is 11.4. The van der Waals surface area contributed by atoms with Gasteiger partial charge in [-0.25, -0.2) is 0 Å². The second-order valence-electron chi connectivity index (χ2n) is 4.46. The third-order valence-corrected chi connectivity index (χ3v) is 3.10. The average Bonchev–Trinajstić information content (AvgIpc) is 2.79. The molecule has 1 saturated heterocycles. The Morgan fingerprint density at radius 1 is 1.50 bits per heavy atom. The van der Waals surface area contributed by atoms with Crippen LogP contribution >= 0.6 is 0 Å². The molecule has 2 unspecified atom stereocenters. The van der Waals surface area contributed by atoms with Crippen molar-refractivity contribution in [2.45, 2.75) is 45.2 Å². The maximum absolute atomic E-state index is 5.73. The summed E-state index contributed by atoms with van der Waals surface area (Å²) in [6.07, 6.45) is 3.31. The number of rotatable bonds is 4. The lowest BCUT2D eigenvalue weighted by Gasteiger charge is -2.25. The van der Waals surface area contributed by atoms with E-state index in [2.05, 4.69) is 31.3 Å². The molecule has 1 N–H and O–H groups in total. The zero-order valence-corrected chi connectivity index (χ0v) is 10.2. The van der Waals surface area contributed by atoms with Crippen LogP contribution in [-0.4, -0.2) is 19.3 Å². The summed E-state index contributed by atoms with van der Waals surface area (Å²) in [5, 5.41) is 3.55. The largest absolute Gasteiger partial charge is 0.464 e. The van der Waals surface area contributed by atoms with E-state index < -0.39 is 0 Å². The molecule has 1 aliphatic heterocycles. The van der Waals surface area contributed by atoms with Crippen molar-refractivity contribution in [2.75, 3.05) is 13.2 Å². The van der Waals surface area contributed by atoms with Crippen LogP contribution in [0.4, 0.5) is 0 Å². The van der Waals surface area contributed by atoms with Crippen LogP contribution in [0.2, 0.25) is 0 Å². The first-order chi connectivity index (χ1) is 7.79. The lowest BCUT2D eigenvalue weighted by Crippen LogP contribution is -2.38. The van der Waals surface area contributed by atoms with Crippen LogP contribution in [0.3, 0.4) is 0 Å². The highest BCUT2D eigenvalue weighted by Gasteiger charge is 2.18. The van der Waals surface area contributed by atoms with Gasteiger partial charge in [-0.1, -0.05) is 6.92 Å². The van der Waals surface area contributed by atoms with E-state index in [4.69, 9.17) is 9.15 Å². The van der Waals surface area contributed by atoms with Crippen molar-refractivity contribution in [1.82, 2.24) is 5.32 Å². The maximum Gasteiger partial charge on any atom is 0.120 e. The molecule has 0 saturated carbocycles. The van der Waals surface area contributed by atoms with E-state index in [1.165, 1.54) is 6.42 Å². The topological polar surface area (TPSA) is 34.4 Å². The summed E-state index contributed by atoms with van der Waals surface area (Å²) in [5.41, 5.74) is 0. The summed E-state index contributed by atoms with van der Waals surface area (Å²) in [7, 11) is 0. The van der Waals surface area contributed by atoms with Gasteiger partial charge in [-0.05, 0) is 31.9 Å². The normalized spacial score (nSPS) is 23.2. The van der Waals surface area contributed by atoms with Gasteiger partial charge in [0.05, 0.1) is 12.6 Å². The van der Waals surface area contributed by atoms with Crippen molar-refractivity contribution >= 4 is 0 Å².